The van der Waals surface area contributed by atoms with Gasteiger partial charge in [-0.05, 0) is 63.0 Å². The van der Waals surface area contributed by atoms with Crippen LogP contribution < -0.4 is 10.6 Å². The van der Waals surface area contributed by atoms with Gasteiger partial charge in [0.25, 0.3) is 5.91 Å². The van der Waals surface area contributed by atoms with Crippen LogP contribution in [0.2, 0.25) is 5.02 Å². The van der Waals surface area contributed by atoms with Crippen LogP contribution in [0, 0.1) is 5.92 Å². The summed E-state index contributed by atoms with van der Waals surface area (Å²) in [6.45, 7) is 1.96. The normalized spacial score (nSPS) is 17.9. The average molecular weight is 477 g/mol. The number of aromatic nitrogens is 1. The Labute approximate surface area is 200 Å². The van der Waals surface area contributed by atoms with E-state index in [1.54, 1.807) is 30.3 Å². The number of carbonyl (C=O) groups is 2. The maximum absolute atomic E-state index is 12.9. The van der Waals surface area contributed by atoms with Crippen LogP contribution in [0.4, 0.5) is 11.5 Å². The number of para-hydroxylation sites is 1. The van der Waals surface area contributed by atoms with Gasteiger partial charge >= 0.3 is 0 Å². The van der Waals surface area contributed by atoms with E-state index in [0.29, 0.717) is 28.1 Å². The fraction of sp³-hybridized carbons (Fsp3) is 0.458. The van der Waals surface area contributed by atoms with Crippen LogP contribution in [0.3, 0.4) is 0 Å². The molecule has 2 heterocycles. The molecule has 172 valence electrons. The Morgan fingerprint density at radius 2 is 1.66 bits per heavy atom. The van der Waals surface area contributed by atoms with Crippen molar-refractivity contribution >= 4 is 47.3 Å². The van der Waals surface area contributed by atoms with Crippen molar-refractivity contribution in [2.45, 2.75) is 51.0 Å². The van der Waals surface area contributed by atoms with Gasteiger partial charge in [-0.2, -0.15) is 0 Å². The molecule has 0 radical (unpaired) electrons. The maximum atomic E-state index is 12.9. The lowest BCUT2D eigenvalue weighted by Crippen LogP contribution is -2.44. The summed E-state index contributed by atoms with van der Waals surface area (Å²) in [7, 11) is 0. The van der Waals surface area contributed by atoms with E-state index in [2.05, 4.69) is 20.5 Å². The molecule has 2 amide bonds. The summed E-state index contributed by atoms with van der Waals surface area (Å²) in [4.78, 5) is 32.4. The molecule has 2 aliphatic rings. The van der Waals surface area contributed by atoms with E-state index < -0.39 is 0 Å². The molecule has 2 aromatic rings. The van der Waals surface area contributed by atoms with Gasteiger partial charge in [0.15, 0.2) is 0 Å². The molecule has 2 fully saturated rings. The molecule has 1 saturated heterocycles. The summed E-state index contributed by atoms with van der Waals surface area (Å²) in [6.07, 6.45) is 9.81. The zero-order valence-corrected chi connectivity index (χ0v) is 19.6. The monoisotopic (exact) mass is 476 g/mol. The second kappa shape index (κ2) is 11.6. The maximum Gasteiger partial charge on any atom is 0.258 e. The molecule has 1 aliphatic heterocycles. The Morgan fingerprint density at radius 1 is 0.938 bits per heavy atom. The molecule has 32 heavy (non-hydrogen) atoms. The van der Waals surface area contributed by atoms with Gasteiger partial charge in [0.2, 0.25) is 5.91 Å². The summed E-state index contributed by atoms with van der Waals surface area (Å²) in [5.41, 5.74) is 0.931. The fourth-order valence-electron chi connectivity index (χ4n) is 4.63. The van der Waals surface area contributed by atoms with Crippen LogP contribution in [0.5, 0.6) is 0 Å². The minimum atomic E-state index is -0.321. The highest BCUT2D eigenvalue weighted by Gasteiger charge is 2.29. The molecule has 0 unspecified atom stereocenters. The Kier molecular flexibility index (Phi) is 8.91. The molecule has 8 heteroatoms. The van der Waals surface area contributed by atoms with Crippen molar-refractivity contribution in [2.75, 3.05) is 23.7 Å². The number of nitrogens with zero attached hydrogens (tertiary/aromatic N) is 2. The van der Waals surface area contributed by atoms with Crippen LogP contribution in [-0.4, -0.2) is 40.8 Å². The summed E-state index contributed by atoms with van der Waals surface area (Å²) in [6, 6.07) is 11.1. The highest BCUT2D eigenvalue weighted by atomic mass is 35.5. The van der Waals surface area contributed by atoms with Crippen LogP contribution in [0.15, 0.2) is 42.6 Å². The van der Waals surface area contributed by atoms with E-state index in [1.807, 2.05) is 6.07 Å². The molecule has 1 aliphatic carbocycles. The zero-order valence-electron chi connectivity index (χ0n) is 18.1. The molecule has 0 spiro atoms. The first-order chi connectivity index (χ1) is 15.1. The molecule has 1 saturated carbocycles. The third-order valence-electron chi connectivity index (χ3n) is 6.39. The summed E-state index contributed by atoms with van der Waals surface area (Å²) >= 11 is 5.85. The Balaban J connectivity index is 0.00000289. The van der Waals surface area contributed by atoms with Gasteiger partial charge in [-0.25, -0.2) is 4.98 Å². The number of hydrogen-bond donors (Lipinski definition) is 2. The lowest BCUT2D eigenvalue weighted by atomic mass is 9.90. The lowest BCUT2D eigenvalue weighted by Gasteiger charge is -2.39. The third-order valence-corrected chi connectivity index (χ3v) is 6.61. The van der Waals surface area contributed by atoms with Crippen molar-refractivity contribution in [3.63, 3.8) is 0 Å². The number of pyridine rings is 1. The molecule has 4 rings (SSSR count). The van der Waals surface area contributed by atoms with Gasteiger partial charge < -0.3 is 15.5 Å². The summed E-state index contributed by atoms with van der Waals surface area (Å²) < 4.78 is 0. The summed E-state index contributed by atoms with van der Waals surface area (Å²) in [5.74, 6) is 0.0607. The average Bonchev–Trinajstić information content (AvgIpc) is 2.81. The van der Waals surface area contributed by atoms with Crippen molar-refractivity contribution in [3.05, 3.63) is 53.2 Å². The number of nitrogens with one attached hydrogen (secondary N) is 2. The van der Waals surface area contributed by atoms with Crippen LogP contribution in [0.25, 0.3) is 0 Å². The number of rotatable bonds is 5. The number of amides is 2. The molecule has 0 bridgehead atoms. The van der Waals surface area contributed by atoms with Crippen LogP contribution in [-0.2, 0) is 4.79 Å². The van der Waals surface area contributed by atoms with Crippen molar-refractivity contribution < 1.29 is 9.59 Å². The van der Waals surface area contributed by atoms with Crippen molar-refractivity contribution in [1.82, 2.24) is 9.88 Å². The van der Waals surface area contributed by atoms with Crippen molar-refractivity contribution in [1.29, 1.82) is 0 Å². The quantitative estimate of drug-likeness (QED) is 0.606. The standard InChI is InChI=1S/C24H29ClN4O2.ClH/c25-18-10-11-22(26-16-18)28-24(31)20-8-4-5-9-21(20)27-23(30)17-12-14-29(15-13-17)19-6-2-1-3-7-19;/h4-5,8-11,16-17,19H,1-3,6-7,12-15H2,(H,27,30)(H,26,28,31);1H. The van der Waals surface area contributed by atoms with Gasteiger partial charge in [-0.3, -0.25) is 9.59 Å². The number of halogens is 2. The third kappa shape index (κ3) is 6.21. The van der Waals surface area contributed by atoms with E-state index in [0.717, 1.165) is 25.9 Å². The van der Waals surface area contributed by atoms with Gasteiger partial charge in [0.1, 0.15) is 5.82 Å². The van der Waals surface area contributed by atoms with E-state index >= 15 is 0 Å². The predicted octanol–water partition coefficient (Wildman–Crippen LogP) is 5.39. The number of likely N-dealkylation sites (tertiary alicyclic amines) is 1. The number of benzene rings is 1. The lowest BCUT2D eigenvalue weighted by molar-refractivity contribution is -0.121. The number of hydrogen-bond acceptors (Lipinski definition) is 4. The first-order valence-corrected chi connectivity index (χ1v) is 11.5. The molecule has 0 atom stereocenters. The highest BCUT2D eigenvalue weighted by Crippen LogP contribution is 2.28. The number of anilines is 2. The number of piperidine rings is 1. The van der Waals surface area contributed by atoms with E-state index in [-0.39, 0.29) is 30.1 Å². The second-order valence-corrected chi connectivity index (χ2v) is 8.89. The van der Waals surface area contributed by atoms with Gasteiger partial charge in [0.05, 0.1) is 16.3 Å². The van der Waals surface area contributed by atoms with Gasteiger partial charge in [0, 0.05) is 18.2 Å². The minimum absolute atomic E-state index is 0. The predicted molar refractivity (Wildman–Crippen MR) is 131 cm³/mol. The van der Waals surface area contributed by atoms with E-state index in [9.17, 15) is 9.59 Å². The molecular weight excluding hydrogens is 447 g/mol. The van der Waals surface area contributed by atoms with Gasteiger partial charge in [-0.1, -0.05) is 43.0 Å². The van der Waals surface area contributed by atoms with Crippen LogP contribution in [0.1, 0.15) is 55.3 Å². The molecule has 1 aromatic carbocycles. The topological polar surface area (TPSA) is 74.3 Å². The van der Waals surface area contributed by atoms with Gasteiger partial charge in [-0.15, -0.1) is 12.4 Å². The first kappa shape index (κ1) is 24.5. The van der Waals surface area contributed by atoms with E-state index in [4.69, 9.17) is 11.6 Å². The second-order valence-electron chi connectivity index (χ2n) is 8.45. The van der Waals surface area contributed by atoms with E-state index in [1.165, 1.54) is 38.3 Å². The fourth-order valence-corrected chi connectivity index (χ4v) is 4.74. The van der Waals surface area contributed by atoms with Crippen molar-refractivity contribution in [2.24, 2.45) is 5.92 Å². The first-order valence-electron chi connectivity index (χ1n) is 11.2. The smallest absolute Gasteiger partial charge is 0.258 e. The number of carbonyl (C=O) groups excluding carboxylic acids is 2. The molecule has 1 aromatic heterocycles. The summed E-state index contributed by atoms with van der Waals surface area (Å²) in [5, 5.41) is 6.24. The minimum Gasteiger partial charge on any atom is -0.325 e. The molecular formula is C24H30Cl2N4O2. The highest BCUT2D eigenvalue weighted by molar-refractivity contribution is 6.30. The Morgan fingerprint density at radius 3 is 2.34 bits per heavy atom. The largest absolute Gasteiger partial charge is 0.325 e. The molecule has 6 nitrogen and oxygen atoms in total. The SMILES string of the molecule is Cl.O=C(Nc1ccc(Cl)cn1)c1ccccc1NC(=O)C1CCN(C2CCCCC2)CC1. The zero-order chi connectivity index (χ0) is 21.6. The molecule has 2 N–H and O–H groups in total. The van der Waals surface area contributed by atoms with Crippen molar-refractivity contribution in [3.8, 4) is 0 Å². The Bertz CT molecular complexity index is 908. The van der Waals surface area contributed by atoms with Crippen LogP contribution >= 0.6 is 24.0 Å². The Hall–Kier alpha value is -2.15.